The Morgan fingerprint density at radius 3 is 1.16 bits per heavy atom. The number of fused-ring (bicyclic) bond motifs is 2. The number of hydrogen-bond donors (Lipinski definition) is 0. The van der Waals surface area contributed by atoms with Crippen LogP contribution in [0.5, 0.6) is 0 Å². The monoisotopic (exact) mass is 726 g/mol. The van der Waals surface area contributed by atoms with Gasteiger partial charge >= 0.3 is 0 Å². The first-order valence-electron chi connectivity index (χ1n) is 15.8. The third-order valence-electron chi connectivity index (χ3n) is 7.68. The molecular formula is C28H58N4O6S3Si3. The van der Waals surface area contributed by atoms with Crippen molar-refractivity contribution in [1.29, 1.82) is 0 Å². The fourth-order valence-corrected chi connectivity index (χ4v) is 18.1. The third kappa shape index (κ3) is 14.5. The highest BCUT2D eigenvalue weighted by molar-refractivity contribution is 7.89. The van der Waals surface area contributed by atoms with Crippen LogP contribution in [0.25, 0.3) is 0 Å². The largest absolute Gasteiger partial charge is 0.255 e. The lowest BCUT2D eigenvalue weighted by Crippen LogP contribution is -2.42. The van der Waals surface area contributed by atoms with E-state index in [-0.39, 0.29) is 56.5 Å². The summed E-state index contributed by atoms with van der Waals surface area (Å²) < 4.78 is 85.9. The van der Waals surface area contributed by atoms with Crippen molar-refractivity contribution in [3.8, 4) is 0 Å². The molecule has 0 fully saturated rings. The van der Waals surface area contributed by atoms with Crippen molar-refractivity contribution < 1.29 is 25.3 Å². The van der Waals surface area contributed by atoms with Crippen molar-refractivity contribution >= 4 is 54.3 Å². The molecule has 2 heterocycles. The maximum atomic E-state index is 13.6. The summed E-state index contributed by atoms with van der Waals surface area (Å²) in [4.78, 5) is 4.71. The second-order valence-electron chi connectivity index (χ2n) is 15.8. The quantitative estimate of drug-likeness (QED) is 0.284. The van der Waals surface area contributed by atoms with Gasteiger partial charge in [0.05, 0.1) is 41.7 Å². The molecular weight excluding hydrogens is 669 g/mol. The Morgan fingerprint density at radius 2 is 0.841 bits per heavy atom. The van der Waals surface area contributed by atoms with Crippen LogP contribution in [0.4, 0.5) is 0 Å². The van der Waals surface area contributed by atoms with Gasteiger partial charge in [0.1, 0.15) is 0 Å². The Morgan fingerprint density at radius 1 is 0.545 bits per heavy atom. The summed E-state index contributed by atoms with van der Waals surface area (Å²) in [7, 11) is -15.8. The normalized spacial score (nSPS) is 18.7. The molecule has 0 aliphatic carbocycles. The Labute approximate surface area is 272 Å². The van der Waals surface area contributed by atoms with E-state index in [1.54, 1.807) is 18.2 Å². The lowest BCUT2D eigenvalue weighted by atomic mass is 10.2. The first-order chi connectivity index (χ1) is 19.9. The smallest absolute Gasteiger partial charge is 0.214 e. The summed E-state index contributed by atoms with van der Waals surface area (Å²) in [6.45, 7) is 20.1. The lowest BCUT2D eigenvalue weighted by Gasteiger charge is -2.29. The van der Waals surface area contributed by atoms with Crippen LogP contribution in [0.3, 0.4) is 0 Å². The van der Waals surface area contributed by atoms with Crippen LogP contribution in [0, 0.1) is 0 Å². The van der Waals surface area contributed by atoms with Gasteiger partial charge in [0.25, 0.3) is 0 Å². The Bertz CT molecular complexity index is 1330. The van der Waals surface area contributed by atoms with E-state index < -0.39 is 54.3 Å². The van der Waals surface area contributed by atoms with Crippen molar-refractivity contribution in [3.05, 3.63) is 29.6 Å². The average Bonchev–Trinajstić information content (AvgIpc) is 2.86. The van der Waals surface area contributed by atoms with Gasteiger partial charge in [0.15, 0.2) is 0 Å². The molecule has 1 aromatic rings. The highest BCUT2D eigenvalue weighted by Crippen LogP contribution is 2.20. The van der Waals surface area contributed by atoms with Crippen LogP contribution >= 0.6 is 0 Å². The van der Waals surface area contributed by atoms with Crippen LogP contribution in [-0.2, 0) is 43.2 Å². The molecule has 1 aromatic heterocycles. The maximum absolute atomic E-state index is 13.6. The maximum Gasteiger partial charge on any atom is 0.214 e. The molecule has 256 valence electrons. The first-order valence-corrected chi connectivity index (χ1v) is 31.7. The standard InChI is InChI=1S/C28H58N4O6S3Si3/c1-42(2,3)22-19-39(33,34)30-15-11-17-31(40(35,36)20-23-43(4,5)6)25-27-13-10-14-28(29-27)26-32(18-12-16-30)41(37,38)21-24-44(7,8)9/h10,13-14H,11-12,15-26H2,1-9H3. The number of rotatable bonds is 12. The summed E-state index contributed by atoms with van der Waals surface area (Å²) in [5.74, 6) is 0.140. The molecule has 0 aromatic carbocycles. The summed E-state index contributed by atoms with van der Waals surface area (Å²) in [6.07, 6.45) is 0.687. The summed E-state index contributed by atoms with van der Waals surface area (Å²) >= 11 is 0. The molecule has 10 nitrogen and oxygen atoms in total. The zero-order valence-electron chi connectivity index (χ0n) is 28.6. The lowest BCUT2D eigenvalue weighted by molar-refractivity contribution is 0.329. The fraction of sp³-hybridized carbons (Fsp3) is 0.821. The summed E-state index contributed by atoms with van der Waals surface area (Å²) in [5.41, 5.74) is 1.10. The van der Waals surface area contributed by atoms with Gasteiger partial charge in [-0.25, -0.2) is 29.6 Å². The van der Waals surface area contributed by atoms with Crippen molar-refractivity contribution in [2.75, 3.05) is 43.4 Å². The molecule has 0 N–H and O–H groups in total. The van der Waals surface area contributed by atoms with Crippen LogP contribution in [0.1, 0.15) is 24.2 Å². The molecule has 0 spiro atoms. The molecule has 1 aliphatic rings. The zero-order chi connectivity index (χ0) is 33.6. The zero-order valence-corrected chi connectivity index (χ0v) is 34.0. The van der Waals surface area contributed by atoms with Gasteiger partial charge in [-0.2, -0.15) is 8.61 Å². The molecule has 0 atom stereocenters. The molecule has 0 saturated carbocycles. The highest BCUT2D eigenvalue weighted by atomic mass is 32.2. The van der Waals surface area contributed by atoms with E-state index in [2.05, 4.69) is 58.9 Å². The van der Waals surface area contributed by atoms with Gasteiger partial charge in [0.2, 0.25) is 30.1 Å². The van der Waals surface area contributed by atoms with Crippen LogP contribution in [0.2, 0.25) is 77.1 Å². The Hall–Kier alpha value is -0.469. The van der Waals surface area contributed by atoms with Crippen LogP contribution < -0.4 is 0 Å². The van der Waals surface area contributed by atoms with E-state index in [9.17, 15) is 25.3 Å². The van der Waals surface area contributed by atoms with E-state index in [1.807, 2.05) is 0 Å². The molecule has 1 aliphatic heterocycles. The minimum Gasteiger partial charge on any atom is -0.255 e. The SMILES string of the molecule is C[Si](C)(C)CCS(=O)(=O)N1CCCN(S(=O)(=O)CC[Si](C)(C)C)Cc2cccc(n2)CN(S(=O)(=O)CC[Si](C)(C)C)CCC1. The number of hydrogen-bond acceptors (Lipinski definition) is 7. The average molecular weight is 727 g/mol. The number of aromatic nitrogens is 1. The van der Waals surface area contributed by atoms with Gasteiger partial charge in [-0.15, -0.1) is 0 Å². The highest BCUT2D eigenvalue weighted by Gasteiger charge is 2.31. The molecule has 16 heteroatoms. The van der Waals surface area contributed by atoms with E-state index in [0.717, 1.165) is 0 Å². The predicted octanol–water partition coefficient (Wildman–Crippen LogP) is 4.79. The molecule has 0 amide bonds. The van der Waals surface area contributed by atoms with Gasteiger partial charge in [-0.3, -0.25) is 4.98 Å². The van der Waals surface area contributed by atoms with Crippen LogP contribution in [-0.4, -0.2) is 111 Å². The molecule has 2 bridgehead atoms. The second kappa shape index (κ2) is 15.6. The Kier molecular flexibility index (Phi) is 14.1. The topological polar surface area (TPSA) is 125 Å². The molecule has 44 heavy (non-hydrogen) atoms. The van der Waals surface area contributed by atoms with Gasteiger partial charge < -0.3 is 0 Å². The van der Waals surface area contributed by atoms with E-state index >= 15 is 0 Å². The third-order valence-corrected chi connectivity index (χ3v) is 19.5. The van der Waals surface area contributed by atoms with Crippen molar-refractivity contribution in [3.63, 3.8) is 0 Å². The first kappa shape index (κ1) is 39.7. The molecule has 0 radical (unpaired) electrons. The number of pyridine rings is 1. The van der Waals surface area contributed by atoms with E-state index in [4.69, 9.17) is 4.98 Å². The minimum absolute atomic E-state index is 0.0454. The van der Waals surface area contributed by atoms with E-state index in [1.165, 1.54) is 12.9 Å². The van der Waals surface area contributed by atoms with Gasteiger partial charge in [-0.05, 0) is 43.1 Å². The molecule has 0 saturated heterocycles. The Balaban J connectivity index is 2.49. The van der Waals surface area contributed by atoms with Crippen LogP contribution in [0.15, 0.2) is 18.2 Å². The predicted molar refractivity (Wildman–Crippen MR) is 192 cm³/mol. The van der Waals surface area contributed by atoms with E-state index in [0.29, 0.717) is 42.4 Å². The van der Waals surface area contributed by atoms with Crippen molar-refractivity contribution in [1.82, 2.24) is 17.9 Å². The van der Waals surface area contributed by atoms with Crippen molar-refractivity contribution in [2.45, 2.75) is 103 Å². The second-order valence-corrected chi connectivity index (χ2v) is 38.9. The number of nitrogens with zero attached hydrogens (tertiary/aromatic N) is 4. The van der Waals surface area contributed by atoms with Gasteiger partial charge in [0, 0.05) is 50.4 Å². The molecule has 0 unspecified atom stereocenters. The molecule has 2 rings (SSSR count). The van der Waals surface area contributed by atoms with Crippen molar-refractivity contribution in [2.24, 2.45) is 0 Å². The van der Waals surface area contributed by atoms with Gasteiger partial charge in [-0.1, -0.05) is 65.0 Å². The summed E-state index contributed by atoms with van der Waals surface area (Å²) in [5, 5.41) is 0. The summed E-state index contributed by atoms with van der Waals surface area (Å²) in [6, 6.07) is 7.22. The minimum atomic E-state index is -3.63. The number of sulfonamides is 3. The fourth-order valence-electron chi connectivity index (χ4n) is 4.63.